The number of hydrogen-bond donors (Lipinski definition) is 0. The first-order valence-corrected chi connectivity index (χ1v) is 5.83. The van der Waals surface area contributed by atoms with Crippen molar-refractivity contribution in [2.24, 2.45) is 0 Å². The van der Waals surface area contributed by atoms with E-state index in [9.17, 15) is 10.1 Å². The Morgan fingerprint density at radius 1 is 0.800 bits per heavy atom. The van der Waals surface area contributed by atoms with E-state index in [1.54, 1.807) is 18.2 Å². The summed E-state index contributed by atoms with van der Waals surface area (Å²) in [4.78, 5) is 9.59. The number of nitrogens with zero attached hydrogens (tertiary/aromatic N) is 1. The molecule has 0 radical (unpaired) electrons. The molecule has 3 aromatic carbocycles. The third-order valence-electron chi connectivity index (χ3n) is 2.08. The monoisotopic (exact) mass is 309 g/mol. The average Bonchev–Trinajstić information content (AvgIpc) is 3.18. The maximum absolute atomic E-state index is 10.0. The summed E-state index contributed by atoms with van der Waals surface area (Å²) in [7, 11) is 0. The molecule has 0 N–H and O–H groups in total. The molecule has 3 nitrogen and oxygen atoms in total. The molecule has 0 unspecified atom stereocenters. The van der Waals surface area contributed by atoms with Crippen LogP contribution in [0.4, 0.5) is 5.69 Å². The van der Waals surface area contributed by atoms with Crippen molar-refractivity contribution in [2.75, 3.05) is 0 Å². The van der Waals surface area contributed by atoms with Crippen molar-refractivity contribution in [2.45, 2.75) is 0 Å². The van der Waals surface area contributed by atoms with Crippen molar-refractivity contribution in [3.63, 3.8) is 0 Å². The maximum atomic E-state index is 10.0. The summed E-state index contributed by atoms with van der Waals surface area (Å²) in [6, 6.07) is 27.9. The van der Waals surface area contributed by atoms with E-state index in [1.165, 1.54) is 12.1 Å². The van der Waals surface area contributed by atoms with E-state index in [1.807, 2.05) is 60.7 Å². The number of non-ortho nitro benzene ring substituents is 1. The average molecular weight is 309 g/mol. The fourth-order valence-corrected chi connectivity index (χ4v) is 1.19. The van der Waals surface area contributed by atoms with Gasteiger partial charge in [-0.3, -0.25) is 10.1 Å². The van der Waals surface area contributed by atoms with Crippen LogP contribution in [0.2, 0.25) is 0 Å². The first kappa shape index (κ1) is 17.8. The Morgan fingerprint density at radius 3 is 1.50 bits per heavy atom. The predicted molar refractivity (Wildman–Crippen MR) is 77.2 cm³/mol. The SMILES string of the molecule is O=[N+]([O-])c1ccccc1.[Fe].[cH-]1[cH-][cH-][cH-][cH-]1.c1cc[cH-]c1. The molecule has 0 bridgehead atoms. The zero-order chi connectivity index (χ0) is 13.8. The van der Waals surface area contributed by atoms with Crippen molar-refractivity contribution in [3.8, 4) is 0 Å². The molecule has 0 saturated heterocycles. The second-order valence-corrected chi connectivity index (χ2v) is 3.52. The van der Waals surface area contributed by atoms with Crippen LogP contribution in [-0.4, -0.2) is 4.92 Å². The molecule has 0 spiro atoms. The molecule has 0 atom stereocenters. The summed E-state index contributed by atoms with van der Waals surface area (Å²) < 4.78 is 0. The van der Waals surface area contributed by atoms with Crippen LogP contribution in [0.15, 0.2) is 91.0 Å². The summed E-state index contributed by atoms with van der Waals surface area (Å²) in [6.45, 7) is 0. The molecular formula is C16H15FeNO2-6. The Hall–Kier alpha value is -2.16. The molecule has 3 rings (SSSR count). The minimum absolute atomic E-state index is 0. The fraction of sp³-hybridized carbons (Fsp3) is 0. The first-order chi connectivity index (χ1) is 9.30. The molecule has 20 heavy (non-hydrogen) atoms. The van der Waals surface area contributed by atoms with Crippen LogP contribution in [0, 0.1) is 10.1 Å². The number of para-hydroxylation sites is 1. The van der Waals surface area contributed by atoms with Crippen molar-refractivity contribution in [1.82, 2.24) is 0 Å². The molecule has 0 saturated carbocycles. The van der Waals surface area contributed by atoms with Gasteiger partial charge in [-0.05, 0) is 0 Å². The van der Waals surface area contributed by atoms with Gasteiger partial charge >= 0.3 is 0 Å². The molecule has 0 aliphatic carbocycles. The second-order valence-electron chi connectivity index (χ2n) is 3.52. The molecule has 0 aliphatic heterocycles. The molecule has 0 aromatic heterocycles. The molecule has 3 aromatic rings. The van der Waals surface area contributed by atoms with E-state index in [0.717, 1.165) is 0 Å². The predicted octanol–water partition coefficient (Wildman–Crippen LogP) is 4.40. The van der Waals surface area contributed by atoms with Crippen LogP contribution in [0.3, 0.4) is 0 Å². The molecule has 0 heterocycles. The summed E-state index contributed by atoms with van der Waals surface area (Å²) >= 11 is 0. The summed E-state index contributed by atoms with van der Waals surface area (Å²) in [5.74, 6) is 0. The molecular weight excluding hydrogens is 294 g/mol. The van der Waals surface area contributed by atoms with Gasteiger partial charge in [0.15, 0.2) is 0 Å². The molecule has 110 valence electrons. The second kappa shape index (κ2) is 11.9. The first-order valence-electron chi connectivity index (χ1n) is 5.83. The zero-order valence-electron chi connectivity index (χ0n) is 10.8. The van der Waals surface area contributed by atoms with Gasteiger partial charge in [0.2, 0.25) is 0 Å². The van der Waals surface area contributed by atoms with Crippen LogP contribution in [0.5, 0.6) is 0 Å². The molecule has 0 fully saturated rings. The van der Waals surface area contributed by atoms with Crippen molar-refractivity contribution in [3.05, 3.63) is 101 Å². The smallest absolute Gasteiger partial charge is 0.269 e. The number of nitro groups is 1. The Bertz CT molecular complexity index is 458. The zero-order valence-corrected chi connectivity index (χ0v) is 11.9. The van der Waals surface area contributed by atoms with Gasteiger partial charge in [0, 0.05) is 29.2 Å². The molecule has 0 aliphatic rings. The number of nitro benzene ring substituents is 1. The van der Waals surface area contributed by atoms with Crippen LogP contribution in [0.1, 0.15) is 0 Å². The van der Waals surface area contributed by atoms with Gasteiger partial charge in [-0.15, -0.1) is 0 Å². The normalized spacial score (nSPS) is 8.00. The fourth-order valence-electron chi connectivity index (χ4n) is 1.19. The van der Waals surface area contributed by atoms with E-state index >= 15 is 0 Å². The Labute approximate surface area is 129 Å². The van der Waals surface area contributed by atoms with Gasteiger partial charge < -0.3 is 30.3 Å². The van der Waals surface area contributed by atoms with E-state index in [4.69, 9.17) is 0 Å². The number of benzene rings is 1. The van der Waals surface area contributed by atoms with Crippen LogP contribution < -0.4 is 0 Å². The Morgan fingerprint density at radius 2 is 1.25 bits per heavy atom. The van der Waals surface area contributed by atoms with E-state index in [2.05, 4.69) is 0 Å². The number of hydrogen-bond acceptors (Lipinski definition) is 2. The minimum atomic E-state index is -0.417. The van der Waals surface area contributed by atoms with Gasteiger partial charge in [-0.25, -0.2) is 12.1 Å². The third kappa shape index (κ3) is 8.86. The van der Waals surface area contributed by atoms with E-state index < -0.39 is 4.92 Å². The Kier molecular flexibility index (Phi) is 10.6. The third-order valence-corrected chi connectivity index (χ3v) is 2.08. The summed E-state index contributed by atoms with van der Waals surface area (Å²) in [5.41, 5.74) is 0.137. The van der Waals surface area contributed by atoms with Crippen molar-refractivity contribution in [1.29, 1.82) is 0 Å². The topological polar surface area (TPSA) is 43.1 Å². The van der Waals surface area contributed by atoms with E-state index in [-0.39, 0.29) is 22.8 Å². The van der Waals surface area contributed by atoms with Gasteiger partial charge in [0.1, 0.15) is 0 Å². The summed E-state index contributed by atoms with van der Waals surface area (Å²) in [6.07, 6.45) is 0. The molecule has 4 heteroatoms. The minimum Gasteiger partial charge on any atom is -0.748 e. The van der Waals surface area contributed by atoms with Gasteiger partial charge in [-0.2, -0.15) is 18.2 Å². The molecule has 0 amide bonds. The standard InChI is InChI=1S/C6H5NO2.2C5H5.Fe/c8-7(9)6-4-2-1-3-5-6;2*1-2-4-5-3-1;/h1-5H;2*1-5H;/q;-5;-1;. The van der Waals surface area contributed by atoms with Gasteiger partial charge in [-0.1, -0.05) is 18.2 Å². The van der Waals surface area contributed by atoms with Crippen LogP contribution in [-0.2, 0) is 17.1 Å². The maximum Gasteiger partial charge on any atom is 0.269 e. The van der Waals surface area contributed by atoms with Crippen molar-refractivity contribution < 1.29 is 22.0 Å². The van der Waals surface area contributed by atoms with Crippen LogP contribution in [0.25, 0.3) is 0 Å². The van der Waals surface area contributed by atoms with Crippen LogP contribution >= 0.6 is 0 Å². The summed E-state index contributed by atoms with van der Waals surface area (Å²) in [5, 5.41) is 10.0. The van der Waals surface area contributed by atoms with Gasteiger partial charge in [0.05, 0.1) is 4.92 Å². The van der Waals surface area contributed by atoms with Crippen molar-refractivity contribution >= 4 is 5.69 Å². The number of rotatable bonds is 1. The largest absolute Gasteiger partial charge is 0.748 e. The quantitative estimate of drug-likeness (QED) is 0.289. The van der Waals surface area contributed by atoms with E-state index in [0.29, 0.717) is 0 Å². The van der Waals surface area contributed by atoms with Gasteiger partial charge in [0.25, 0.3) is 5.69 Å². The Balaban J connectivity index is 0.000000282.